The van der Waals surface area contributed by atoms with Gasteiger partial charge in [0.25, 0.3) is 5.69 Å². The molecule has 0 bridgehead atoms. The number of aryl methyl sites for hydroxylation is 1. The maximum Gasteiger partial charge on any atom is 0.289 e. The van der Waals surface area contributed by atoms with Gasteiger partial charge in [0.05, 0.1) is 9.82 Å². The van der Waals surface area contributed by atoms with Crippen molar-refractivity contribution < 1.29 is 13.3 Å². The van der Waals surface area contributed by atoms with E-state index >= 15 is 0 Å². The number of hydrogen-bond donors (Lipinski definition) is 0. The molecule has 0 fully saturated rings. The zero-order chi connectivity index (χ0) is 15.8. The molecule has 0 aromatic heterocycles. The molecule has 1 aromatic carbocycles. The van der Waals surface area contributed by atoms with Crippen LogP contribution in [-0.4, -0.2) is 30.7 Å². The Hall–Kier alpha value is -1.44. The summed E-state index contributed by atoms with van der Waals surface area (Å²) in [6.07, 6.45) is 2.51. The van der Waals surface area contributed by atoms with E-state index in [9.17, 15) is 18.5 Å². The Morgan fingerprint density at radius 1 is 1.33 bits per heavy atom. The minimum Gasteiger partial charge on any atom is -0.258 e. The van der Waals surface area contributed by atoms with Gasteiger partial charge in [-0.05, 0) is 31.9 Å². The van der Waals surface area contributed by atoms with Crippen molar-refractivity contribution in [1.82, 2.24) is 4.31 Å². The van der Waals surface area contributed by atoms with E-state index in [1.165, 1.54) is 10.4 Å². The van der Waals surface area contributed by atoms with Crippen molar-refractivity contribution in [1.29, 1.82) is 0 Å². The van der Waals surface area contributed by atoms with Crippen LogP contribution in [0.5, 0.6) is 0 Å². The molecule has 0 atom stereocenters. The third kappa shape index (κ3) is 3.09. The lowest BCUT2D eigenvalue weighted by atomic mass is 10.1. The number of rotatable bonds is 3. The zero-order valence-electron chi connectivity index (χ0n) is 11.7. The summed E-state index contributed by atoms with van der Waals surface area (Å²) in [5.74, 6) is 0. The largest absolute Gasteiger partial charge is 0.289 e. The van der Waals surface area contributed by atoms with E-state index in [0.29, 0.717) is 18.5 Å². The predicted octanol–water partition coefficient (Wildman–Crippen LogP) is 2.90. The quantitative estimate of drug-likeness (QED) is 0.485. The highest BCUT2D eigenvalue weighted by Crippen LogP contribution is 2.32. The second-order valence-electron chi connectivity index (χ2n) is 4.99. The van der Waals surface area contributed by atoms with E-state index in [4.69, 9.17) is 11.6 Å². The number of nitrogens with zero attached hydrogens (tertiary/aromatic N) is 2. The minimum absolute atomic E-state index is 0.0634. The maximum absolute atomic E-state index is 12.6. The topological polar surface area (TPSA) is 80.5 Å². The highest BCUT2D eigenvalue weighted by atomic mass is 35.5. The van der Waals surface area contributed by atoms with E-state index < -0.39 is 20.6 Å². The van der Waals surface area contributed by atoms with Crippen LogP contribution in [0.3, 0.4) is 0 Å². The van der Waals surface area contributed by atoms with Crippen LogP contribution in [0.2, 0.25) is 5.02 Å². The predicted molar refractivity (Wildman–Crippen MR) is 80.0 cm³/mol. The first-order chi connectivity index (χ1) is 9.73. The summed E-state index contributed by atoms with van der Waals surface area (Å²) in [6, 6.07) is 2.36. The first-order valence-corrected chi connectivity index (χ1v) is 8.15. The summed E-state index contributed by atoms with van der Waals surface area (Å²) < 4.78 is 26.6. The van der Waals surface area contributed by atoms with E-state index in [1.54, 1.807) is 6.92 Å². The van der Waals surface area contributed by atoms with Gasteiger partial charge < -0.3 is 0 Å². The molecule has 0 saturated carbocycles. The van der Waals surface area contributed by atoms with Gasteiger partial charge in [-0.2, -0.15) is 4.31 Å². The van der Waals surface area contributed by atoms with Crippen molar-refractivity contribution in [2.24, 2.45) is 0 Å². The molecule has 0 N–H and O–H groups in total. The van der Waals surface area contributed by atoms with Crippen LogP contribution in [0, 0.1) is 17.0 Å². The Kier molecular flexibility index (Phi) is 4.36. The molecule has 0 radical (unpaired) electrons. The molecule has 2 rings (SSSR count). The third-order valence-corrected chi connectivity index (χ3v) is 5.77. The summed E-state index contributed by atoms with van der Waals surface area (Å²) in [5.41, 5.74) is 1.14. The molecule has 114 valence electrons. The highest BCUT2D eigenvalue weighted by molar-refractivity contribution is 7.89. The number of benzene rings is 1. The van der Waals surface area contributed by atoms with E-state index in [0.717, 1.165) is 11.6 Å². The molecule has 1 aliphatic heterocycles. The standard InChI is InChI=1S/C13H15ClN2O4S/c1-9-3-5-15(6-4-9)21(19,20)13-8-12(16(17)18)11(14)7-10(13)2/h3,7-8H,4-6H2,1-2H3. The van der Waals surface area contributed by atoms with Crippen molar-refractivity contribution >= 4 is 27.3 Å². The van der Waals surface area contributed by atoms with E-state index in [2.05, 4.69) is 0 Å². The smallest absolute Gasteiger partial charge is 0.258 e. The second-order valence-corrected chi connectivity index (χ2v) is 7.30. The minimum atomic E-state index is -3.76. The Labute approximate surface area is 128 Å². The van der Waals surface area contributed by atoms with Crippen LogP contribution in [0.1, 0.15) is 18.9 Å². The Bertz CT molecular complexity index is 728. The maximum atomic E-state index is 12.6. The molecular weight excluding hydrogens is 316 g/mol. The Morgan fingerprint density at radius 3 is 2.52 bits per heavy atom. The van der Waals surface area contributed by atoms with Crippen molar-refractivity contribution in [3.8, 4) is 0 Å². The fourth-order valence-corrected chi connectivity index (χ4v) is 4.06. The van der Waals surface area contributed by atoms with E-state index in [1.807, 2.05) is 13.0 Å². The molecule has 8 heteroatoms. The summed E-state index contributed by atoms with van der Waals surface area (Å²) in [5, 5.41) is 10.9. The number of sulfonamides is 1. The SMILES string of the molecule is CC1=CCN(S(=O)(=O)c2cc([N+](=O)[O-])c(Cl)cc2C)CC1. The molecule has 1 aromatic rings. The van der Waals surface area contributed by atoms with Gasteiger partial charge in [-0.25, -0.2) is 8.42 Å². The molecule has 21 heavy (non-hydrogen) atoms. The zero-order valence-corrected chi connectivity index (χ0v) is 13.2. The molecule has 1 aliphatic rings. The highest BCUT2D eigenvalue weighted by Gasteiger charge is 2.29. The molecule has 6 nitrogen and oxygen atoms in total. The molecule has 1 heterocycles. The third-order valence-electron chi connectivity index (χ3n) is 3.46. The van der Waals surface area contributed by atoms with Crippen LogP contribution in [0.25, 0.3) is 0 Å². The van der Waals surface area contributed by atoms with Crippen molar-refractivity contribution in [2.75, 3.05) is 13.1 Å². The fourth-order valence-electron chi connectivity index (χ4n) is 2.17. The average molecular weight is 331 g/mol. The lowest BCUT2D eigenvalue weighted by Gasteiger charge is -2.25. The van der Waals surface area contributed by atoms with Crippen LogP contribution < -0.4 is 0 Å². The summed E-state index contributed by atoms with van der Waals surface area (Å²) >= 11 is 5.79. The van der Waals surface area contributed by atoms with Crippen LogP contribution in [0.15, 0.2) is 28.7 Å². The molecule has 0 saturated heterocycles. The molecular formula is C13H15ClN2O4S. The van der Waals surface area contributed by atoms with Gasteiger partial charge in [-0.1, -0.05) is 23.3 Å². The monoisotopic (exact) mass is 330 g/mol. The van der Waals surface area contributed by atoms with Crippen LogP contribution >= 0.6 is 11.6 Å². The van der Waals surface area contributed by atoms with Gasteiger partial charge >= 0.3 is 0 Å². The molecule has 0 unspecified atom stereocenters. The molecule has 0 amide bonds. The first kappa shape index (κ1) is 15.9. The summed E-state index contributed by atoms with van der Waals surface area (Å²) in [7, 11) is -3.76. The van der Waals surface area contributed by atoms with Gasteiger partial charge in [0.2, 0.25) is 10.0 Å². The molecule has 0 aliphatic carbocycles. The Balaban J connectivity index is 2.50. The number of nitro benzene ring substituents is 1. The van der Waals surface area contributed by atoms with Crippen molar-refractivity contribution in [2.45, 2.75) is 25.2 Å². The number of hydrogen-bond acceptors (Lipinski definition) is 4. The average Bonchev–Trinajstić information content (AvgIpc) is 2.38. The van der Waals surface area contributed by atoms with Crippen molar-refractivity contribution in [3.05, 3.63) is 44.5 Å². The van der Waals surface area contributed by atoms with Gasteiger partial charge in [-0.15, -0.1) is 0 Å². The van der Waals surface area contributed by atoms with Gasteiger partial charge in [0.15, 0.2) is 0 Å². The second kappa shape index (κ2) is 5.75. The van der Waals surface area contributed by atoms with Gasteiger partial charge in [0, 0.05) is 19.2 Å². The normalized spacial score (nSPS) is 16.6. The molecule has 0 spiro atoms. The van der Waals surface area contributed by atoms with Gasteiger partial charge in [-0.3, -0.25) is 10.1 Å². The number of nitro groups is 1. The van der Waals surface area contributed by atoms with Crippen LogP contribution in [-0.2, 0) is 10.0 Å². The van der Waals surface area contributed by atoms with Crippen molar-refractivity contribution in [3.63, 3.8) is 0 Å². The Morgan fingerprint density at radius 2 is 2.00 bits per heavy atom. The summed E-state index contributed by atoms with van der Waals surface area (Å²) in [6.45, 7) is 4.18. The van der Waals surface area contributed by atoms with Gasteiger partial charge in [0.1, 0.15) is 5.02 Å². The van der Waals surface area contributed by atoms with E-state index in [-0.39, 0.29) is 16.5 Å². The lowest BCUT2D eigenvalue weighted by Crippen LogP contribution is -2.35. The number of halogens is 1. The fraction of sp³-hybridized carbons (Fsp3) is 0.385. The van der Waals surface area contributed by atoms with Crippen LogP contribution in [0.4, 0.5) is 5.69 Å². The lowest BCUT2D eigenvalue weighted by molar-refractivity contribution is -0.384. The first-order valence-electron chi connectivity index (χ1n) is 6.34. The summed E-state index contributed by atoms with van der Waals surface area (Å²) in [4.78, 5) is 10.2.